The first kappa shape index (κ1) is 12.8. The van der Waals surface area contributed by atoms with Crippen LogP contribution in [0.25, 0.3) is 0 Å². The van der Waals surface area contributed by atoms with Gasteiger partial charge in [0.15, 0.2) is 0 Å². The van der Waals surface area contributed by atoms with Crippen LogP contribution in [0.2, 0.25) is 0 Å². The van der Waals surface area contributed by atoms with Gasteiger partial charge in [-0.1, -0.05) is 13.8 Å². The van der Waals surface area contributed by atoms with E-state index in [1.54, 1.807) is 4.90 Å². The molecular formula is C11H19N3O2. The Morgan fingerprint density at radius 2 is 2.00 bits per heavy atom. The summed E-state index contributed by atoms with van der Waals surface area (Å²) in [5, 5.41) is 11.9. The first-order valence-electron chi connectivity index (χ1n) is 5.73. The van der Waals surface area contributed by atoms with Crippen LogP contribution >= 0.6 is 0 Å². The molecule has 0 aromatic rings. The van der Waals surface area contributed by atoms with Gasteiger partial charge < -0.3 is 15.0 Å². The molecule has 1 heterocycles. The van der Waals surface area contributed by atoms with E-state index in [9.17, 15) is 4.79 Å². The van der Waals surface area contributed by atoms with E-state index >= 15 is 0 Å². The van der Waals surface area contributed by atoms with Crippen molar-refractivity contribution >= 4 is 6.03 Å². The van der Waals surface area contributed by atoms with Gasteiger partial charge in [0.2, 0.25) is 0 Å². The normalized spacial score (nSPS) is 16.7. The number of morpholine rings is 1. The first-order chi connectivity index (χ1) is 7.67. The third kappa shape index (κ3) is 2.86. The van der Waals surface area contributed by atoms with Crippen LogP contribution < -0.4 is 5.32 Å². The van der Waals surface area contributed by atoms with Crippen LogP contribution in [-0.4, -0.2) is 42.8 Å². The van der Waals surface area contributed by atoms with Crippen molar-refractivity contribution in [2.45, 2.75) is 32.2 Å². The van der Waals surface area contributed by atoms with Gasteiger partial charge in [0.1, 0.15) is 5.54 Å². The molecule has 90 valence electrons. The number of carbonyl (C=O) groups is 1. The Morgan fingerprint density at radius 3 is 2.44 bits per heavy atom. The maximum absolute atomic E-state index is 11.9. The second kappa shape index (κ2) is 5.71. The highest BCUT2D eigenvalue weighted by molar-refractivity contribution is 5.75. The number of urea groups is 1. The van der Waals surface area contributed by atoms with Gasteiger partial charge in [-0.15, -0.1) is 0 Å². The number of amides is 2. The molecule has 1 aliphatic heterocycles. The minimum atomic E-state index is -0.727. The molecule has 0 bridgehead atoms. The van der Waals surface area contributed by atoms with Crippen molar-refractivity contribution in [2.24, 2.45) is 0 Å². The summed E-state index contributed by atoms with van der Waals surface area (Å²) in [5.41, 5.74) is -0.727. The molecule has 0 aliphatic carbocycles. The Kier molecular flexibility index (Phi) is 4.56. The Bertz CT molecular complexity index is 275. The molecule has 0 radical (unpaired) electrons. The second-order valence-electron chi connectivity index (χ2n) is 3.93. The topological polar surface area (TPSA) is 65.4 Å². The molecule has 16 heavy (non-hydrogen) atoms. The largest absolute Gasteiger partial charge is 0.378 e. The van der Waals surface area contributed by atoms with Crippen LogP contribution in [-0.2, 0) is 4.74 Å². The van der Waals surface area contributed by atoms with Crippen molar-refractivity contribution in [2.75, 3.05) is 26.3 Å². The molecule has 0 saturated carbocycles. The Balaban J connectivity index is 2.57. The van der Waals surface area contributed by atoms with E-state index in [0.29, 0.717) is 39.1 Å². The summed E-state index contributed by atoms with van der Waals surface area (Å²) < 4.78 is 5.17. The standard InChI is InChI=1S/C11H19N3O2/c1-3-11(4-2,9-12)13-10(15)14-5-7-16-8-6-14/h3-8H2,1-2H3,(H,13,15). The summed E-state index contributed by atoms with van der Waals surface area (Å²) in [4.78, 5) is 13.6. The number of carbonyl (C=O) groups excluding carboxylic acids is 1. The van der Waals surface area contributed by atoms with Gasteiger partial charge >= 0.3 is 6.03 Å². The predicted molar refractivity (Wildman–Crippen MR) is 59.8 cm³/mol. The summed E-state index contributed by atoms with van der Waals surface area (Å²) in [7, 11) is 0. The zero-order valence-electron chi connectivity index (χ0n) is 9.95. The van der Waals surface area contributed by atoms with Crippen LogP contribution in [0.15, 0.2) is 0 Å². The van der Waals surface area contributed by atoms with Crippen LogP contribution in [0.1, 0.15) is 26.7 Å². The fourth-order valence-corrected chi connectivity index (χ4v) is 1.66. The van der Waals surface area contributed by atoms with Gasteiger partial charge in [-0.3, -0.25) is 0 Å². The molecule has 2 amide bonds. The summed E-state index contributed by atoms with van der Waals surface area (Å²) in [5.74, 6) is 0. The highest BCUT2D eigenvalue weighted by Gasteiger charge is 2.30. The average molecular weight is 225 g/mol. The minimum absolute atomic E-state index is 0.159. The van der Waals surface area contributed by atoms with E-state index in [-0.39, 0.29) is 6.03 Å². The van der Waals surface area contributed by atoms with Crippen molar-refractivity contribution in [3.8, 4) is 6.07 Å². The lowest BCUT2D eigenvalue weighted by atomic mass is 9.95. The fourth-order valence-electron chi connectivity index (χ4n) is 1.66. The quantitative estimate of drug-likeness (QED) is 0.782. The lowest BCUT2D eigenvalue weighted by Gasteiger charge is -2.32. The van der Waals surface area contributed by atoms with Crippen molar-refractivity contribution in [1.29, 1.82) is 5.26 Å². The number of rotatable bonds is 3. The van der Waals surface area contributed by atoms with Crippen molar-refractivity contribution < 1.29 is 9.53 Å². The van der Waals surface area contributed by atoms with E-state index in [0.717, 1.165) is 0 Å². The molecule has 1 aliphatic rings. The molecular weight excluding hydrogens is 206 g/mol. The molecule has 1 saturated heterocycles. The van der Waals surface area contributed by atoms with Crippen molar-refractivity contribution in [1.82, 2.24) is 10.2 Å². The maximum Gasteiger partial charge on any atom is 0.318 e. The van der Waals surface area contributed by atoms with Crippen LogP contribution in [0.4, 0.5) is 4.79 Å². The Hall–Kier alpha value is -1.28. The predicted octanol–water partition coefficient (Wildman–Crippen LogP) is 1.11. The molecule has 0 aromatic carbocycles. The van der Waals surface area contributed by atoms with Gasteiger partial charge in [0, 0.05) is 13.1 Å². The second-order valence-corrected chi connectivity index (χ2v) is 3.93. The van der Waals surface area contributed by atoms with Gasteiger partial charge in [-0.2, -0.15) is 5.26 Å². The van der Waals surface area contributed by atoms with Crippen molar-refractivity contribution in [3.05, 3.63) is 0 Å². The molecule has 0 unspecified atom stereocenters. The highest BCUT2D eigenvalue weighted by atomic mass is 16.5. The zero-order valence-corrected chi connectivity index (χ0v) is 9.95. The first-order valence-corrected chi connectivity index (χ1v) is 5.73. The van der Waals surface area contributed by atoms with Crippen molar-refractivity contribution in [3.63, 3.8) is 0 Å². The third-order valence-electron chi connectivity index (χ3n) is 3.07. The number of nitriles is 1. The van der Waals surface area contributed by atoms with Crippen LogP contribution in [0.3, 0.4) is 0 Å². The van der Waals surface area contributed by atoms with E-state index in [1.807, 2.05) is 13.8 Å². The van der Waals surface area contributed by atoms with Gasteiger partial charge in [0.25, 0.3) is 0 Å². The van der Waals surface area contributed by atoms with Gasteiger partial charge in [-0.25, -0.2) is 4.79 Å². The van der Waals surface area contributed by atoms with Gasteiger partial charge in [-0.05, 0) is 12.8 Å². The van der Waals surface area contributed by atoms with E-state index in [1.165, 1.54) is 0 Å². The molecule has 0 spiro atoms. The summed E-state index contributed by atoms with van der Waals surface area (Å²) in [6.45, 7) is 6.16. The fraction of sp³-hybridized carbons (Fsp3) is 0.818. The summed E-state index contributed by atoms with van der Waals surface area (Å²) >= 11 is 0. The Morgan fingerprint density at radius 1 is 1.44 bits per heavy atom. The minimum Gasteiger partial charge on any atom is -0.378 e. The smallest absolute Gasteiger partial charge is 0.318 e. The lowest BCUT2D eigenvalue weighted by molar-refractivity contribution is 0.0516. The molecule has 1 rings (SSSR count). The number of nitrogens with one attached hydrogen (secondary N) is 1. The number of hydrogen-bond acceptors (Lipinski definition) is 3. The SMILES string of the molecule is CCC(C#N)(CC)NC(=O)N1CCOCC1. The molecule has 5 nitrogen and oxygen atoms in total. The van der Waals surface area contributed by atoms with Crippen LogP contribution in [0, 0.1) is 11.3 Å². The number of ether oxygens (including phenoxy) is 1. The average Bonchev–Trinajstić information content (AvgIpc) is 2.37. The molecule has 0 atom stereocenters. The summed E-state index contributed by atoms with van der Waals surface area (Å²) in [6.07, 6.45) is 1.24. The molecule has 1 fully saturated rings. The third-order valence-corrected chi connectivity index (χ3v) is 3.07. The summed E-state index contributed by atoms with van der Waals surface area (Å²) in [6, 6.07) is 2.04. The van der Waals surface area contributed by atoms with Gasteiger partial charge in [0.05, 0.1) is 19.3 Å². The molecule has 0 aromatic heterocycles. The molecule has 1 N–H and O–H groups in total. The number of hydrogen-bond donors (Lipinski definition) is 1. The monoisotopic (exact) mass is 225 g/mol. The Labute approximate surface area is 96.4 Å². The zero-order chi connectivity index (χ0) is 12.0. The molecule has 5 heteroatoms. The number of nitrogens with zero attached hydrogens (tertiary/aromatic N) is 2. The highest BCUT2D eigenvalue weighted by Crippen LogP contribution is 2.14. The van der Waals surface area contributed by atoms with E-state index in [4.69, 9.17) is 10.00 Å². The van der Waals surface area contributed by atoms with E-state index < -0.39 is 5.54 Å². The van der Waals surface area contributed by atoms with E-state index in [2.05, 4.69) is 11.4 Å². The maximum atomic E-state index is 11.9. The lowest BCUT2D eigenvalue weighted by Crippen LogP contribution is -2.54. The van der Waals surface area contributed by atoms with Crippen LogP contribution in [0.5, 0.6) is 0 Å².